The third kappa shape index (κ3) is 1.05. The molecule has 2 saturated carbocycles. The van der Waals surface area contributed by atoms with Crippen LogP contribution in [0.25, 0.3) is 0 Å². The van der Waals surface area contributed by atoms with Crippen LogP contribution in [-0.2, 0) is 4.79 Å². The molecule has 0 radical (unpaired) electrons. The van der Waals surface area contributed by atoms with Gasteiger partial charge in [0.1, 0.15) is 0 Å². The van der Waals surface area contributed by atoms with Crippen LogP contribution in [-0.4, -0.2) is 11.1 Å². The van der Waals surface area contributed by atoms with Crippen molar-refractivity contribution in [3.63, 3.8) is 0 Å². The number of carbonyl (C=O) groups is 1. The highest BCUT2D eigenvalue weighted by atomic mass is 16.4. The molecule has 4 atom stereocenters. The summed E-state index contributed by atoms with van der Waals surface area (Å²) in [6, 6.07) is 0. The number of carboxylic acids is 1. The van der Waals surface area contributed by atoms with Gasteiger partial charge in [0.25, 0.3) is 0 Å². The smallest absolute Gasteiger partial charge is 0.306 e. The summed E-state index contributed by atoms with van der Waals surface area (Å²) in [5, 5.41) is 8.98. The van der Waals surface area contributed by atoms with Crippen LogP contribution in [0.15, 0.2) is 0 Å². The number of rotatable bonds is 1. The number of carboxylic acid groups (broad SMARTS) is 1. The molecular formula is C10H16O2. The van der Waals surface area contributed by atoms with Gasteiger partial charge in [0.15, 0.2) is 0 Å². The first-order chi connectivity index (χ1) is 5.70. The fraction of sp³-hybridized carbons (Fsp3) is 0.900. The van der Waals surface area contributed by atoms with E-state index in [1.807, 2.05) is 0 Å². The van der Waals surface area contributed by atoms with Gasteiger partial charge in [-0.1, -0.05) is 13.3 Å². The van der Waals surface area contributed by atoms with E-state index >= 15 is 0 Å². The highest BCUT2D eigenvalue weighted by Gasteiger charge is 2.46. The van der Waals surface area contributed by atoms with Crippen molar-refractivity contribution < 1.29 is 9.90 Å². The van der Waals surface area contributed by atoms with E-state index < -0.39 is 5.97 Å². The van der Waals surface area contributed by atoms with Gasteiger partial charge < -0.3 is 5.11 Å². The Morgan fingerprint density at radius 1 is 1.33 bits per heavy atom. The fourth-order valence-corrected chi connectivity index (χ4v) is 3.26. The van der Waals surface area contributed by atoms with Crippen LogP contribution in [0.2, 0.25) is 0 Å². The standard InChI is InChI=1S/C10H16O2/c1-6-5-9(10(11)12)8-4-2-3-7(6)8/h6-9H,2-5H2,1H3,(H,11,12)/t6-,7+,8-,9+/m1/s1. The Bertz CT molecular complexity index is 200. The molecule has 0 aromatic heterocycles. The molecule has 0 aromatic rings. The third-order valence-corrected chi connectivity index (χ3v) is 3.82. The van der Waals surface area contributed by atoms with Crippen molar-refractivity contribution >= 4 is 5.97 Å². The van der Waals surface area contributed by atoms with Crippen LogP contribution in [0.4, 0.5) is 0 Å². The fourth-order valence-electron chi connectivity index (χ4n) is 3.26. The highest BCUT2D eigenvalue weighted by molar-refractivity contribution is 5.71. The summed E-state index contributed by atoms with van der Waals surface area (Å²) in [5.41, 5.74) is 0. The van der Waals surface area contributed by atoms with Gasteiger partial charge >= 0.3 is 5.97 Å². The zero-order valence-electron chi connectivity index (χ0n) is 7.49. The van der Waals surface area contributed by atoms with Crippen LogP contribution in [0.5, 0.6) is 0 Å². The van der Waals surface area contributed by atoms with Crippen LogP contribution in [0.1, 0.15) is 32.6 Å². The average molecular weight is 168 g/mol. The van der Waals surface area contributed by atoms with E-state index in [0.717, 1.165) is 18.8 Å². The molecule has 2 aliphatic carbocycles. The van der Waals surface area contributed by atoms with Crippen molar-refractivity contribution in [1.29, 1.82) is 0 Å². The first-order valence-corrected chi connectivity index (χ1v) is 4.93. The minimum atomic E-state index is -0.559. The minimum Gasteiger partial charge on any atom is -0.481 e. The van der Waals surface area contributed by atoms with Gasteiger partial charge in [-0.15, -0.1) is 0 Å². The maximum Gasteiger partial charge on any atom is 0.306 e. The number of hydrogen-bond donors (Lipinski definition) is 1. The molecule has 0 bridgehead atoms. The lowest BCUT2D eigenvalue weighted by Gasteiger charge is -2.14. The summed E-state index contributed by atoms with van der Waals surface area (Å²) in [4.78, 5) is 10.9. The Labute approximate surface area is 73.0 Å². The molecule has 0 saturated heterocycles. The molecule has 2 fully saturated rings. The Morgan fingerprint density at radius 2 is 2.00 bits per heavy atom. The third-order valence-electron chi connectivity index (χ3n) is 3.82. The quantitative estimate of drug-likeness (QED) is 0.651. The molecule has 0 aromatic carbocycles. The Hall–Kier alpha value is -0.530. The highest BCUT2D eigenvalue weighted by Crippen LogP contribution is 2.50. The largest absolute Gasteiger partial charge is 0.481 e. The van der Waals surface area contributed by atoms with E-state index in [4.69, 9.17) is 5.11 Å². The molecule has 2 heteroatoms. The van der Waals surface area contributed by atoms with Gasteiger partial charge in [-0.05, 0) is 37.0 Å². The van der Waals surface area contributed by atoms with E-state index in [2.05, 4.69) is 6.92 Å². The van der Waals surface area contributed by atoms with Gasteiger partial charge in [0.2, 0.25) is 0 Å². The first-order valence-electron chi connectivity index (χ1n) is 4.93. The summed E-state index contributed by atoms with van der Waals surface area (Å²) in [5.74, 6) is 1.31. The number of fused-ring (bicyclic) bond motifs is 1. The predicted octanol–water partition coefficient (Wildman–Crippen LogP) is 2.14. The van der Waals surface area contributed by atoms with Crippen LogP contribution >= 0.6 is 0 Å². The molecule has 0 heterocycles. The molecule has 0 unspecified atom stereocenters. The lowest BCUT2D eigenvalue weighted by Crippen LogP contribution is -2.18. The second-order valence-corrected chi connectivity index (χ2v) is 4.42. The average Bonchev–Trinajstić information content (AvgIpc) is 2.53. The predicted molar refractivity (Wildman–Crippen MR) is 45.7 cm³/mol. The first kappa shape index (κ1) is 8.09. The normalized spacial score (nSPS) is 46.1. The van der Waals surface area contributed by atoms with Gasteiger partial charge in [-0.3, -0.25) is 4.79 Å². The van der Waals surface area contributed by atoms with E-state index in [-0.39, 0.29) is 5.92 Å². The minimum absolute atomic E-state index is 0.0208. The molecule has 2 rings (SSSR count). The lowest BCUT2D eigenvalue weighted by atomic mass is 9.91. The summed E-state index contributed by atoms with van der Waals surface area (Å²) >= 11 is 0. The molecule has 0 amide bonds. The van der Waals surface area contributed by atoms with Crippen molar-refractivity contribution in [3.8, 4) is 0 Å². The summed E-state index contributed by atoms with van der Waals surface area (Å²) in [6.45, 7) is 2.21. The Balaban J connectivity index is 2.14. The number of hydrogen-bond acceptors (Lipinski definition) is 1. The van der Waals surface area contributed by atoms with Gasteiger partial charge in [0, 0.05) is 0 Å². The molecule has 0 aliphatic heterocycles. The van der Waals surface area contributed by atoms with Crippen LogP contribution < -0.4 is 0 Å². The summed E-state index contributed by atoms with van der Waals surface area (Å²) in [7, 11) is 0. The lowest BCUT2D eigenvalue weighted by molar-refractivity contribution is -0.143. The Kier molecular flexibility index (Phi) is 1.85. The SMILES string of the molecule is C[C@@H]1C[C@H](C(=O)O)[C@@H]2CCC[C@H]21. The second-order valence-electron chi connectivity index (χ2n) is 4.42. The van der Waals surface area contributed by atoms with Crippen molar-refractivity contribution in [3.05, 3.63) is 0 Å². The van der Waals surface area contributed by atoms with Gasteiger partial charge in [-0.25, -0.2) is 0 Å². The maximum absolute atomic E-state index is 10.9. The number of aliphatic carboxylic acids is 1. The van der Waals surface area contributed by atoms with Crippen LogP contribution in [0.3, 0.4) is 0 Å². The van der Waals surface area contributed by atoms with Crippen molar-refractivity contribution in [2.45, 2.75) is 32.6 Å². The monoisotopic (exact) mass is 168 g/mol. The molecule has 2 nitrogen and oxygen atoms in total. The summed E-state index contributed by atoms with van der Waals surface area (Å²) < 4.78 is 0. The molecule has 2 aliphatic rings. The molecule has 1 N–H and O–H groups in total. The van der Waals surface area contributed by atoms with Gasteiger partial charge in [-0.2, -0.15) is 0 Å². The zero-order valence-corrected chi connectivity index (χ0v) is 7.49. The van der Waals surface area contributed by atoms with Crippen molar-refractivity contribution in [2.75, 3.05) is 0 Å². The van der Waals surface area contributed by atoms with E-state index in [0.29, 0.717) is 11.8 Å². The molecule has 12 heavy (non-hydrogen) atoms. The van der Waals surface area contributed by atoms with E-state index in [1.54, 1.807) is 0 Å². The zero-order chi connectivity index (χ0) is 8.72. The Morgan fingerprint density at radius 3 is 2.67 bits per heavy atom. The van der Waals surface area contributed by atoms with E-state index in [1.165, 1.54) is 12.8 Å². The topological polar surface area (TPSA) is 37.3 Å². The van der Waals surface area contributed by atoms with Gasteiger partial charge in [0.05, 0.1) is 5.92 Å². The van der Waals surface area contributed by atoms with Crippen LogP contribution in [0, 0.1) is 23.7 Å². The molecule has 68 valence electrons. The maximum atomic E-state index is 10.9. The second kappa shape index (κ2) is 2.75. The van der Waals surface area contributed by atoms with Crippen molar-refractivity contribution in [2.24, 2.45) is 23.7 Å². The molecular weight excluding hydrogens is 152 g/mol. The van der Waals surface area contributed by atoms with E-state index in [9.17, 15) is 4.79 Å². The van der Waals surface area contributed by atoms with Crippen molar-refractivity contribution in [1.82, 2.24) is 0 Å². The summed E-state index contributed by atoms with van der Waals surface area (Å²) in [6.07, 6.45) is 4.61. The molecule has 0 spiro atoms.